The van der Waals surface area contributed by atoms with Gasteiger partial charge in [0.25, 0.3) is 0 Å². The second-order valence-corrected chi connectivity index (χ2v) is 7.73. The van der Waals surface area contributed by atoms with E-state index in [0.717, 1.165) is 24.3 Å². The highest BCUT2D eigenvalue weighted by atomic mass is 32.1. The van der Waals surface area contributed by atoms with Crippen molar-refractivity contribution >= 4 is 17.2 Å². The van der Waals surface area contributed by atoms with E-state index >= 15 is 0 Å². The third-order valence-corrected chi connectivity index (χ3v) is 6.06. The first-order valence-electron chi connectivity index (χ1n) is 9.35. The molecule has 0 radical (unpaired) electrons. The molecular weight excluding hydrogens is 372 g/mol. The highest BCUT2D eigenvalue weighted by Gasteiger charge is 2.26. The molecule has 1 atom stereocenters. The molecule has 0 unspecified atom stereocenters. The first-order valence-corrected chi connectivity index (χ1v) is 10.3. The smallest absolute Gasteiger partial charge is 0.225 e. The van der Waals surface area contributed by atoms with Crippen LogP contribution < -0.4 is 9.47 Å². The zero-order valence-corrected chi connectivity index (χ0v) is 16.9. The van der Waals surface area contributed by atoms with Crippen LogP contribution in [0.15, 0.2) is 53.5 Å². The van der Waals surface area contributed by atoms with E-state index in [0.29, 0.717) is 18.7 Å². The summed E-state index contributed by atoms with van der Waals surface area (Å²) in [6.07, 6.45) is 5.33. The van der Waals surface area contributed by atoms with Gasteiger partial charge in [-0.25, -0.2) is 0 Å². The van der Waals surface area contributed by atoms with E-state index in [9.17, 15) is 4.79 Å². The molecule has 1 aliphatic rings. The minimum absolute atomic E-state index is 0.0283. The summed E-state index contributed by atoms with van der Waals surface area (Å²) in [5.74, 6) is 1.62. The van der Waals surface area contributed by atoms with Gasteiger partial charge in [-0.3, -0.25) is 4.79 Å². The Hall–Kier alpha value is -2.73. The second kappa shape index (κ2) is 8.10. The monoisotopic (exact) mass is 396 g/mol. The summed E-state index contributed by atoms with van der Waals surface area (Å²) in [6.45, 7) is 1.33. The number of carbonyl (C=O) groups excluding carboxylic acids is 1. The maximum Gasteiger partial charge on any atom is 0.225 e. The number of methoxy groups -OCH3 is 2. The van der Waals surface area contributed by atoms with Crippen molar-refractivity contribution in [3.8, 4) is 11.5 Å². The first-order chi connectivity index (χ1) is 13.7. The van der Waals surface area contributed by atoms with Crippen LogP contribution >= 0.6 is 11.3 Å². The van der Waals surface area contributed by atoms with Gasteiger partial charge in [0.15, 0.2) is 11.5 Å². The average Bonchev–Trinajstić information content (AvgIpc) is 3.44. The molecule has 28 heavy (non-hydrogen) atoms. The minimum atomic E-state index is 0.0283. The number of nitrogens with zero attached hydrogens (tertiary/aromatic N) is 2. The SMILES string of the molecule is COc1cc2c(cc1OC)CN(C(=O)C[C@@H](c1ccsc1)n1cccc1)CC2. The Morgan fingerprint density at radius 3 is 2.50 bits per heavy atom. The number of fused-ring (bicyclic) bond motifs is 1. The number of hydrogen-bond donors (Lipinski definition) is 0. The quantitative estimate of drug-likeness (QED) is 0.629. The van der Waals surface area contributed by atoms with Crippen molar-refractivity contribution in [2.75, 3.05) is 20.8 Å². The number of ether oxygens (including phenoxy) is 2. The zero-order chi connectivity index (χ0) is 19.5. The molecule has 1 aliphatic heterocycles. The summed E-state index contributed by atoms with van der Waals surface area (Å²) in [5.41, 5.74) is 3.53. The third kappa shape index (κ3) is 3.64. The number of aromatic nitrogens is 1. The van der Waals surface area contributed by atoms with Gasteiger partial charge in [0, 0.05) is 25.5 Å². The fourth-order valence-corrected chi connectivity index (χ4v) is 4.51. The van der Waals surface area contributed by atoms with E-state index in [1.54, 1.807) is 25.6 Å². The Labute approximate surface area is 169 Å². The van der Waals surface area contributed by atoms with Crippen LogP contribution in [-0.2, 0) is 17.8 Å². The molecule has 0 saturated heterocycles. The van der Waals surface area contributed by atoms with Crippen molar-refractivity contribution in [3.05, 3.63) is 70.2 Å². The molecule has 5 nitrogen and oxygen atoms in total. The molecule has 2 aromatic heterocycles. The summed E-state index contributed by atoms with van der Waals surface area (Å²) in [5, 5.41) is 4.19. The average molecular weight is 397 g/mol. The summed E-state index contributed by atoms with van der Waals surface area (Å²) in [7, 11) is 3.28. The van der Waals surface area contributed by atoms with Crippen LogP contribution in [0.25, 0.3) is 0 Å². The highest BCUT2D eigenvalue weighted by molar-refractivity contribution is 7.08. The van der Waals surface area contributed by atoms with E-state index < -0.39 is 0 Å². The Morgan fingerprint density at radius 1 is 1.14 bits per heavy atom. The lowest BCUT2D eigenvalue weighted by atomic mass is 9.97. The normalized spacial score (nSPS) is 14.4. The molecule has 0 saturated carbocycles. The molecule has 6 heteroatoms. The zero-order valence-electron chi connectivity index (χ0n) is 16.1. The minimum Gasteiger partial charge on any atom is -0.493 e. The Kier molecular flexibility index (Phi) is 5.39. The van der Waals surface area contributed by atoms with Gasteiger partial charge < -0.3 is 18.9 Å². The largest absolute Gasteiger partial charge is 0.493 e. The fourth-order valence-electron chi connectivity index (χ4n) is 3.81. The van der Waals surface area contributed by atoms with Crippen molar-refractivity contribution < 1.29 is 14.3 Å². The third-order valence-electron chi connectivity index (χ3n) is 5.35. The number of benzene rings is 1. The van der Waals surface area contributed by atoms with Crippen LogP contribution in [0.1, 0.15) is 29.2 Å². The summed E-state index contributed by atoms with van der Waals surface area (Å²) in [4.78, 5) is 15.1. The molecule has 146 valence electrons. The van der Waals surface area contributed by atoms with Crippen molar-refractivity contribution in [2.24, 2.45) is 0 Å². The predicted octanol–water partition coefficient (Wildman–Crippen LogP) is 4.13. The molecule has 0 N–H and O–H groups in total. The molecule has 0 spiro atoms. The maximum absolute atomic E-state index is 13.1. The number of thiophene rings is 1. The van der Waals surface area contributed by atoms with Gasteiger partial charge in [-0.1, -0.05) is 0 Å². The number of rotatable bonds is 6. The lowest BCUT2D eigenvalue weighted by Crippen LogP contribution is -2.37. The van der Waals surface area contributed by atoms with Crippen molar-refractivity contribution in [3.63, 3.8) is 0 Å². The predicted molar refractivity (Wildman–Crippen MR) is 110 cm³/mol. The molecule has 0 bridgehead atoms. The van der Waals surface area contributed by atoms with Crippen molar-refractivity contribution in [1.29, 1.82) is 0 Å². The summed E-state index contributed by atoms with van der Waals surface area (Å²) >= 11 is 1.66. The molecule has 1 amide bonds. The number of amides is 1. The van der Waals surface area contributed by atoms with Crippen molar-refractivity contribution in [2.45, 2.75) is 25.4 Å². The van der Waals surface area contributed by atoms with E-state index in [-0.39, 0.29) is 11.9 Å². The Morgan fingerprint density at radius 2 is 1.86 bits per heavy atom. The van der Waals surface area contributed by atoms with Crippen LogP contribution in [0.4, 0.5) is 0 Å². The Bertz CT molecular complexity index is 901. The van der Waals surface area contributed by atoms with Crippen LogP contribution in [0.2, 0.25) is 0 Å². The molecule has 1 aromatic carbocycles. The Balaban J connectivity index is 1.53. The van der Waals surface area contributed by atoms with E-state index in [4.69, 9.17) is 9.47 Å². The van der Waals surface area contributed by atoms with Gasteiger partial charge in [-0.05, 0) is 64.2 Å². The van der Waals surface area contributed by atoms with Gasteiger partial charge in [-0.15, -0.1) is 0 Å². The molecule has 0 fully saturated rings. The van der Waals surface area contributed by atoms with Crippen LogP contribution in [0.5, 0.6) is 11.5 Å². The molecule has 3 aromatic rings. The van der Waals surface area contributed by atoms with E-state index in [1.165, 1.54) is 11.1 Å². The van der Waals surface area contributed by atoms with Crippen LogP contribution in [0.3, 0.4) is 0 Å². The summed E-state index contributed by atoms with van der Waals surface area (Å²) < 4.78 is 13.0. The second-order valence-electron chi connectivity index (χ2n) is 6.95. The lowest BCUT2D eigenvalue weighted by Gasteiger charge is -2.31. The molecule has 3 heterocycles. The van der Waals surface area contributed by atoms with Gasteiger partial charge in [0.1, 0.15) is 0 Å². The highest BCUT2D eigenvalue weighted by Crippen LogP contribution is 2.34. The lowest BCUT2D eigenvalue weighted by molar-refractivity contribution is -0.132. The standard InChI is InChI=1S/C22H24N2O3S/c1-26-20-11-16-5-9-24(14-18(16)12-21(20)27-2)22(25)13-19(17-6-10-28-15-17)23-7-3-4-8-23/h3-4,6-8,10-12,15,19H,5,9,13-14H2,1-2H3/t19-/m0/s1. The van der Waals surface area contributed by atoms with Gasteiger partial charge in [0.2, 0.25) is 5.91 Å². The van der Waals surface area contributed by atoms with Crippen molar-refractivity contribution in [1.82, 2.24) is 9.47 Å². The molecular formula is C22H24N2O3S. The van der Waals surface area contributed by atoms with Crippen LogP contribution in [0, 0.1) is 0 Å². The van der Waals surface area contributed by atoms with E-state index in [2.05, 4.69) is 21.4 Å². The van der Waals surface area contributed by atoms with Gasteiger partial charge in [-0.2, -0.15) is 11.3 Å². The van der Waals surface area contributed by atoms with E-state index in [1.807, 2.05) is 41.6 Å². The fraction of sp³-hybridized carbons (Fsp3) is 0.318. The van der Waals surface area contributed by atoms with Crippen LogP contribution in [-0.4, -0.2) is 36.1 Å². The number of carbonyl (C=O) groups is 1. The summed E-state index contributed by atoms with van der Waals surface area (Å²) in [6, 6.07) is 10.2. The maximum atomic E-state index is 13.1. The van der Waals surface area contributed by atoms with Gasteiger partial charge in [0.05, 0.1) is 26.7 Å². The molecule has 0 aliphatic carbocycles. The first kappa shape index (κ1) is 18.6. The topological polar surface area (TPSA) is 43.7 Å². The number of hydrogen-bond acceptors (Lipinski definition) is 4. The molecule has 4 rings (SSSR count). The van der Waals surface area contributed by atoms with Gasteiger partial charge >= 0.3 is 0 Å².